The average Bonchev–Trinajstić information content (AvgIpc) is 2.97. The summed E-state index contributed by atoms with van der Waals surface area (Å²) >= 11 is 0. The van der Waals surface area contributed by atoms with Crippen LogP contribution in [0.1, 0.15) is 53.9 Å². The van der Waals surface area contributed by atoms with E-state index in [4.69, 9.17) is 9.47 Å². The molecule has 0 aliphatic heterocycles. The molecular formula is C18H26O4. The van der Waals surface area contributed by atoms with Gasteiger partial charge in [0.15, 0.2) is 11.4 Å². The number of rotatable bonds is 4. The molecule has 0 aromatic rings. The topological polar surface area (TPSA) is 55.8 Å². The second kappa shape index (κ2) is 4.85. The van der Waals surface area contributed by atoms with Crippen molar-refractivity contribution in [2.75, 3.05) is 0 Å². The summed E-state index contributed by atoms with van der Waals surface area (Å²) in [5.74, 6) is 0.589. The predicted octanol–water partition coefficient (Wildman–Crippen LogP) is 3.11. The van der Waals surface area contributed by atoms with Gasteiger partial charge in [-0.25, -0.2) is 0 Å². The minimum atomic E-state index is -1.34. The third kappa shape index (κ3) is 1.76. The average molecular weight is 306 g/mol. The van der Waals surface area contributed by atoms with Crippen LogP contribution in [0.3, 0.4) is 0 Å². The standard InChI is InChI=1S/C18H26O4/c1-10(2)21-14-15(19)17-8-6-7-13(17)12(5)9-18(17,20)16(14)22-11(3)4/h9-11,13,20H,6-8H2,1-5H3/t13-,17+,18-/m0/s1. The lowest BCUT2D eigenvalue weighted by molar-refractivity contribution is -0.136. The molecule has 3 rings (SSSR count). The second-order valence-electron chi connectivity index (χ2n) is 7.39. The molecule has 0 aromatic carbocycles. The summed E-state index contributed by atoms with van der Waals surface area (Å²) in [4.78, 5) is 13.2. The molecular weight excluding hydrogens is 280 g/mol. The molecule has 3 aliphatic carbocycles. The van der Waals surface area contributed by atoms with E-state index < -0.39 is 11.0 Å². The molecule has 0 radical (unpaired) electrons. The van der Waals surface area contributed by atoms with E-state index >= 15 is 0 Å². The lowest BCUT2D eigenvalue weighted by Crippen LogP contribution is -2.48. The third-order valence-electron chi connectivity index (χ3n) is 5.20. The Morgan fingerprint density at radius 2 is 1.86 bits per heavy atom. The summed E-state index contributed by atoms with van der Waals surface area (Å²) in [5, 5.41) is 11.5. The highest BCUT2D eigenvalue weighted by atomic mass is 16.5. The van der Waals surface area contributed by atoms with Crippen molar-refractivity contribution in [2.45, 2.75) is 71.7 Å². The van der Waals surface area contributed by atoms with Gasteiger partial charge in [-0.15, -0.1) is 0 Å². The van der Waals surface area contributed by atoms with Crippen LogP contribution in [-0.2, 0) is 14.3 Å². The van der Waals surface area contributed by atoms with Gasteiger partial charge in [0.05, 0.1) is 17.6 Å². The maximum Gasteiger partial charge on any atom is 0.211 e. The monoisotopic (exact) mass is 306 g/mol. The van der Waals surface area contributed by atoms with Crippen LogP contribution in [0.4, 0.5) is 0 Å². The lowest BCUT2D eigenvalue weighted by atomic mass is 9.69. The maximum absolute atomic E-state index is 13.2. The largest absolute Gasteiger partial charge is 0.488 e. The zero-order chi connectivity index (χ0) is 16.3. The molecule has 0 saturated heterocycles. The molecule has 0 heterocycles. The number of carbonyl (C=O) groups excluding carboxylic acids is 1. The zero-order valence-electron chi connectivity index (χ0n) is 14.1. The molecule has 0 bridgehead atoms. The number of aliphatic hydroxyl groups is 1. The predicted molar refractivity (Wildman–Crippen MR) is 83.0 cm³/mol. The van der Waals surface area contributed by atoms with Crippen LogP contribution in [0.2, 0.25) is 0 Å². The van der Waals surface area contributed by atoms with Crippen LogP contribution in [0.5, 0.6) is 0 Å². The van der Waals surface area contributed by atoms with Crippen molar-refractivity contribution in [3.8, 4) is 0 Å². The Labute approximate surface area is 132 Å². The second-order valence-corrected chi connectivity index (χ2v) is 7.39. The van der Waals surface area contributed by atoms with Gasteiger partial charge in [0.2, 0.25) is 11.5 Å². The Bertz CT molecular complexity index is 572. The number of ether oxygens (including phenoxy) is 2. The van der Waals surface area contributed by atoms with E-state index in [-0.39, 0.29) is 29.7 Å². The minimum Gasteiger partial charge on any atom is -0.488 e. The van der Waals surface area contributed by atoms with E-state index in [9.17, 15) is 9.90 Å². The molecule has 4 nitrogen and oxygen atoms in total. The quantitative estimate of drug-likeness (QED) is 0.811. The Morgan fingerprint density at radius 3 is 2.45 bits per heavy atom. The number of ketones is 1. The van der Waals surface area contributed by atoms with Gasteiger partial charge < -0.3 is 14.6 Å². The summed E-state index contributed by atoms with van der Waals surface area (Å²) in [6.45, 7) is 9.58. The van der Waals surface area contributed by atoms with Crippen LogP contribution in [-0.4, -0.2) is 28.7 Å². The van der Waals surface area contributed by atoms with Crippen molar-refractivity contribution in [3.05, 3.63) is 23.2 Å². The summed E-state index contributed by atoms with van der Waals surface area (Å²) in [7, 11) is 0. The first-order chi connectivity index (χ1) is 10.2. The highest BCUT2D eigenvalue weighted by Crippen LogP contribution is 2.66. The summed E-state index contributed by atoms with van der Waals surface area (Å²) < 4.78 is 11.7. The molecule has 1 saturated carbocycles. The molecule has 122 valence electrons. The molecule has 0 amide bonds. The Hall–Kier alpha value is -1.29. The van der Waals surface area contributed by atoms with E-state index in [1.165, 1.54) is 0 Å². The Kier molecular flexibility index (Phi) is 3.44. The molecule has 1 N–H and O–H groups in total. The minimum absolute atomic E-state index is 0.0741. The van der Waals surface area contributed by atoms with Gasteiger partial charge in [0.1, 0.15) is 0 Å². The van der Waals surface area contributed by atoms with Gasteiger partial charge >= 0.3 is 0 Å². The van der Waals surface area contributed by atoms with Crippen molar-refractivity contribution in [3.63, 3.8) is 0 Å². The zero-order valence-corrected chi connectivity index (χ0v) is 14.1. The molecule has 0 aromatic heterocycles. The van der Waals surface area contributed by atoms with Gasteiger partial charge in [-0.1, -0.05) is 12.0 Å². The van der Waals surface area contributed by atoms with E-state index in [0.29, 0.717) is 12.2 Å². The first-order valence-electron chi connectivity index (χ1n) is 8.28. The molecule has 22 heavy (non-hydrogen) atoms. The van der Waals surface area contributed by atoms with E-state index in [2.05, 4.69) is 0 Å². The maximum atomic E-state index is 13.2. The van der Waals surface area contributed by atoms with Crippen molar-refractivity contribution >= 4 is 5.78 Å². The first kappa shape index (κ1) is 15.6. The smallest absolute Gasteiger partial charge is 0.211 e. The summed E-state index contributed by atoms with van der Waals surface area (Å²) in [5.41, 5.74) is -1.04. The fourth-order valence-electron chi connectivity index (χ4n) is 4.55. The summed E-state index contributed by atoms with van der Waals surface area (Å²) in [6, 6.07) is 0. The molecule has 0 unspecified atom stereocenters. The molecule has 1 fully saturated rings. The van der Waals surface area contributed by atoms with Gasteiger partial charge in [-0.05, 0) is 59.5 Å². The number of hydrogen-bond acceptors (Lipinski definition) is 4. The third-order valence-corrected chi connectivity index (χ3v) is 5.20. The number of carbonyl (C=O) groups is 1. The van der Waals surface area contributed by atoms with Gasteiger partial charge in [0.25, 0.3) is 0 Å². The Balaban J connectivity index is 2.16. The molecule has 3 atom stereocenters. The molecule has 1 spiro atoms. The van der Waals surface area contributed by atoms with Crippen LogP contribution in [0.15, 0.2) is 23.2 Å². The van der Waals surface area contributed by atoms with Crippen molar-refractivity contribution in [2.24, 2.45) is 11.3 Å². The normalized spacial score (nSPS) is 37.0. The summed E-state index contributed by atoms with van der Waals surface area (Å²) in [6.07, 6.45) is 4.17. The SMILES string of the molecule is CC1=C[C@]2(O)C(OC(C)C)=C(OC(C)C)C(=O)[C@]23CCC[C@@H]13. The fraction of sp³-hybridized carbons (Fsp3) is 0.722. The Morgan fingerprint density at radius 1 is 1.23 bits per heavy atom. The number of Topliss-reactive ketones (excluding diaryl/α,β-unsaturated/α-hetero) is 1. The van der Waals surface area contributed by atoms with Gasteiger partial charge in [-0.2, -0.15) is 0 Å². The van der Waals surface area contributed by atoms with Gasteiger partial charge in [0, 0.05) is 0 Å². The number of allylic oxidation sites excluding steroid dienone is 2. The van der Waals surface area contributed by atoms with Crippen LogP contribution in [0.25, 0.3) is 0 Å². The highest BCUT2D eigenvalue weighted by Gasteiger charge is 2.72. The highest BCUT2D eigenvalue weighted by molar-refractivity contribution is 6.05. The fourth-order valence-corrected chi connectivity index (χ4v) is 4.55. The first-order valence-corrected chi connectivity index (χ1v) is 8.28. The lowest BCUT2D eigenvalue weighted by Gasteiger charge is -2.36. The van der Waals surface area contributed by atoms with Crippen LogP contribution < -0.4 is 0 Å². The van der Waals surface area contributed by atoms with E-state index in [1.807, 2.05) is 40.7 Å². The molecule has 3 aliphatic rings. The van der Waals surface area contributed by atoms with Crippen molar-refractivity contribution < 1.29 is 19.4 Å². The number of hydrogen-bond donors (Lipinski definition) is 1. The van der Waals surface area contributed by atoms with Crippen molar-refractivity contribution in [1.29, 1.82) is 0 Å². The van der Waals surface area contributed by atoms with Crippen LogP contribution in [0, 0.1) is 11.3 Å². The van der Waals surface area contributed by atoms with Crippen LogP contribution >= 0.6 is 0 Å². The van der Waals surface area contributed by atoms with E-state index in [1.54, 1.807) is 0 Å². The van der Waals surface area contributed by atoms with Gasteiger partial charge in [-0.3, -0.25) is 4.79 Å². The van der Waals surface area contributed by atoms with Crippen molar-refractivity contribution in [1.82, 2.24) is 0 Å². The molecule has 4 heteroatoms. The van der Waals surface area contributed by atoms with E-state index in [0.717, 1.165) is 18.4 Å².